The number of carbonyl (C=O) groups is 1. The SMILES string of the molecule is CC(C)C(C)C(=O)C1CC2CCC(C1)N2. The van der Waals surface area contributed by atoms with Crippen LogP contribution in [0.1, 0.15) is 46.5 Å². The third-order valence-corrected chi connectivity index (χ3v) is 4.32. The monoisotopic (exact) mass is 209 g/mol. The van der Waals surface area contributed by atoms with Gasteiger partial charge in [0, 0.05) is 23.9 Å². The highest BCUT2D eigenvalue weighted by atomic mass is 16.1. The van der Waals surface area contributed by atoms with Gasteiger partial charge in [0.15, 0.2) is 0 Å². The van der Waals surface area contributed by atoms with Crippen molar-refractivity contribution in [1.29, 1.82) is 0 Å². The molecule has 0 amide bonds. The zero-order valence-corrected chi connectivity index (χ0v) is 10.1. The van der Waals surface area contributed by atoms with E-state index in [9.17, 15) is 4.79 Å². The van der Waals surface area contributed by atoms with Crippen LogP contribution in [0, 0.1) is 17.8 Å². The molecule has 0 aromatic carbocycles. The van der Waals surface area contributed by atoms with Crippen LogP contribution in [-0.4, -0.2) is 17.9 Å². The molecule has 2 aliphatic rings. The molecule has 0 spiro atoms. The topological polar surface area (TPSA) is 29.1 Å². The largest absolute Gasteiger partial charge is 0.311 e. The second-order valence-electron chi connectivity index (χ2n) is 5.74. The second-order valence-corrected chi connectivity index (χ2v) is 5.74. The predicted octanol–water partition coefficient (Wildman–Crippen LogP) is 2.38. The summed E-state index contributed by atoms with van der Waals surface area (Å²) >= 11 is 0. The van der Waals surface area contributed by atoms with E-state index in [0.29, 0.717) is 29.7 Å². The number of ketones is 1. The number of hydrogen-bond acceptors (Lipinski definition) is 2. The van der Waals surface area contributed by atoms with Crippen molar-refractivity contribution in [3.8, 4) is 0 Å². The van der Waals surface area contributed by atoms with Crippen LogP contribution in [0.25, 0.3) is 0 Å². The van der Waals surface area contributed by atoms with Gasteiger partial charge < -0.3 is 5.32 Å². The highest BCUT2D eigenvalue weighted by molar-refractivity contribution is 5.83. The van der Waals surface area contributed by atoms with Crippen molar-refractivity contribution in [3.63, 3.8) is 0 Å². The van der Waals surface area contributed by atoms with Gasteiger partial charge in [0.25, 0.3) is 0 Å². The highest BCUT2D eigenvalue weighted by Gasteiger charge is 2.38. The van der Waals surface area contributed by atoms with Crippen molar-refractivity contribution >= 4 is 5.78 Å². The number of carbonyl (C=O) groups excluding carboxylic acids is 1. The maximum Gasteiger partial charge on any atom is 0.139 e. The number of hydrogen-bond donors (Lipinski definition) is 1. The van der Waals surface area contributed by atoms with E-state index in [1.807, 2.05) is 0 Å². The molecule has 2 saturated heterocycles. The fraction of sp³-hybridized carbons (Fsp3) is 0.923. The molecular weight excluding hydrogens is 186 g/mol. The molecule has 15 heavy (non-hydrogen) atoms. The van der Waals surface area contributed by atoms with Gasteiger partial charge in [-0.1, -0.05) is 20.8 Å². The lowest BCUT2D eigenvalue weighted by Gasteiger charge is -2.30. The van der Waals surface area contributed by atoms with Crippen LogP contribution in [0.4, 0.5) is 0 Å². The smallest absolute Gasteiger partial charge is 0.139 e. The van der Waals surface area contributed by atoms with Crippen LogP contribution in [0.5, 0.6) is 0 Å². The minimum atomic E-state index is 0.243. The molecule has 2 aliphatic heterocycles. The zero-order chi connectivity index (χ0) is 11.0. The van der Waals surface area contributed by atoms with Crippen molar-refractivity contribution in [1.82, 2.24) is 5.32 Å². The van der Waals surface area contributed by atoms with E-state index in [1.54, 1.807) is 0 Å². The first-order chi connectivity index (χ1) is 7.08. The lowest BCUT2D eigenvalue weighted by molar-refractivity contribution is -0.128. The molecule has 0 saturated carbocycles. The standard InChI is InChI=1S/C13H23NO/c1-8(2)9(3)13(15)10-6-11-4-5-12(7-10)14-11/h8-12,14H,4-7H2,1-3H3. The molecule has 2 heterocycles. The Morgan fingerprint density at radius 3 is 2.13 bits per heavy atom. The molecule has 3 unspecified atom stereocenters. The molecule has 0 aliphatic carbocycles. The van der Waals surface area contributed by atoms with E-state index in [-0.39, 0.29) is 5.92 Å². The molecule has 2 rings (SSSR count). The molecule has 0 aromatic heterocycles. The van der Waals surface area contributed by atoms with Gasteiger partial charge in [0.05, 0.1) is 0 Å². The average Bonchev–Trinajstić information content (AvgIpc) is 2.55. The molecule has 2 bridgehead atoms. The average molecular weight is 209 g/mol. The molecule has 2 nitrogen and oxygen atoms in total. The van der Waals surface area contributed by atoms with Crippen LogP contribution >= 0.6 is 0 Å². The second kappa shape index (κ2) is 4.25. The van der Waals surface area contributed by atoms with Gasteiger partial charge in [-0.15, -0.1) is 0 Å². The Balaban J connectivity index is 1.96. The summed E-state index contributed by atoms with van der Waals surface area (Å²) in [6.45, 7) is 6.40. The Labute approximate surface area is 92.8 Å². The van der Waals surface area contributed by atoms with E-state index in [1.165, 1.54) is 12.8 Å². The summed E-state index contributed by atoms with van der Waals surface area (Å²) in [7, 11) is 0. The van der Waals surface area contributed by atoms with Gasteiger partial charge in [-0.3, -0.25) is 4.79 Å². The lowest BCUT2D eigenvalue weighted by Crippen LogP contribution is -2.42. The van der Waals surface area contributed by atoms with E-state index >= 15 is 0 Å². The van der Waals surface area contributed by atoms with Crippen LogP contribution < -0.4 is 5.32 Å². The van der Waals surface area contributed by atoms with Crippen molar-refractivity contribution in [2.45, 2.75) is 58.5 Å². The van der Waals surface area contributed by atoms with E-state index in [0.717, 1.165) is 12.8 Å². The predicted molar refractivity (Wildman–Crippen MR) is 61.7 cm³/mol. The van der Waals surface area contributed by atoms with Crippen molar-refractivity contribution in [2.24, 2.45) is 17.8 Å². The molecule has 2 fully saturated rings. The first-order valence-electron chi connectivity index (χ1n) is 6.37. The summed E-state index contributed by atoms with van der Waals surface area (Å²) in [5.41, 5.74) is 0. The van der Waals surface area contributed by atoms with Crippen LogP contribution in [0.2, 0.25) is 0 Å². The summed E-state index contributed by atoms with van der Waals surface area (Å²) in [6.07, 6.45) is 4.74. The number of nitrogens with one attached hydrogen (secondary N) is 1. The van der Waals surface area contributed by atoms with Gasteiger partial charge in [-0.25, -0.2) is 0 Å². The Bertz CT molecular complexity index is 237. The molecule has 0 aromatic rings. The maximum atomic E-state index is 12.2. The minimum absolute atomic E-state index is 0.243. The Morgan fingerprint density at radius 2 is 1.67 bits per heavy atom. The van der Waals surface area contributed by atoms with Crippen molar-refractivity contribution in [2.75, 3.05) is 0 Å². The number of fused-ring (bicyclic) bond motifs is 2. The first-order valence-corrected chi connectivity index (χ1v) is 6.37. The summed E-state index contributed by atoms with van der Waals surface area (Å²) in [4.78, 5) is 12.2. The number of Topliss-reactive ketones (excluding diaryl/α,β-unsaturated/α-hetero) is 1. The third kappa shape index (κ3) is 2.25. The zero-order valence-electron chi connectivity index (χ0n) is 10.1. The summed E-state index contributed by atoms with van der Waals surface area (Å²) in [5.74, 6) is 1.60. The fourth-order valence-electron chi connectivity index (χ4n) is 2.99. The Hall–Kier alpha value is -0.370. The molecule has 2 heteroatoms. The molecule has 1 N–H and O–H groups in total. The summed E-state index contributed by atoms with van der Waals surface area (Å²) in [6, 6.07) is 1.27. The first kappa shape index (κ1) is 11.1. The third-order valence-electron chi connectivity index (χ3n) is 4.32. The van der Waals surface area contributed by atoms with Gasteiger partial charge in [0.2, 0.25) is 0 Å². The molecule has 86 valence electrons. The van der Waals surface area contributed by atoms with Crippen LogP contribution in [0.3, 0.4) is 0 Å². The van der Waals surface area contributed by atoms with Crippen molar-refractivity contribution < 1.29 is 4.79 Å². The maximum absolute atomic E-state index is 12.2. The minimum Gasteiger partial charge on any atom is -0.311 e. The molecule has 3 atom stereocenters. The summed E-state index contributed by atoms with van der Waals surface area (Å²) < 4.78 is 0. The van der Waals surface area contributed by atoms with Gasteiger partial charge in [-0.2, -0.15) is 0 Å². The van der Waals surface area contributed by atoms with E-state index in [4.69, 9.17) is 0 Å². The Kier molecular flexibility index (Phi) is 3.15. The highest BCUT2D eigenvalue weighted by Crippen LogP contribution is 2.33. The molecular formula is C13H23NO. The number of piperidine rings is 1. The quantitative estimate of drug-likeness (QED) is 0.773. The van der Waals surface area contributed by atoms with Crippen LogP contribution in [0.15, 0.2) is 0 Å². The van der Waals surface area contributed by atoms with Gasteiger partial charge >= 0.3 is 0 Å². The molecule has 0 radical (unpaired) electrons. The van der Waals surface area contributed by atoms with Crippen LogP contribution in [-0.2, 0) is 4.79 Å². The lowest BCUT2D eigenvalue weighted by atomic mass is 9.80. The van der Waals surface area contributed by atoms with E-state index < -0.39 is 0 Å². The fourth-order valence-corrected chi connectivity index (χ4v) is 2.99. The normalized spacial score (nSPS) is 36.9. The van der Waals surface area contributed by atoms with E-state index in [2.05, 4.69) is 26.1 Å². The summed E-state index contributed by atoms with van der Waals surface area (Å²) in [5, 5.41) is 3.59. The van der Waals surface area contributed by atoms with Crippen molar-refractivity contribution in [3.05, 3.63) is 0 Å². The Morgan fingerprint density at radius 1 is 1.13 bits per heavy atom. The number of rotatable bonds is 3. The van der Waals surface area contributed by atoms with Gasteiger partial charge in [0.1, 0.15) is 5.78 Å². The van der Waals surface area contributed by atoms with Gasteiger partial charge in [-0.05, 0) is 31.6 Å².